The number of nitrogens with one attached hydrogen (secondary N) is 1. The van der Waals surface area contributed by atoms with Gasteiger partial charge in [-0.15, -0.1) is 0 Å². The van der Waals surface area contributed by atoms with Crippen LogP contribution < -0.4 is 10.1 Å². The lowest BCUT2D eigenvalue weighted by Crippen LogP contribution is -2.27. The van der Waals surface area contributed by atoms with Crippen molar-refractivity contribution in [2.45, 2.75) is 12.8 Å². The van der Waals surface area contributed by atoms with E-state index in [0.29, 0.717) is 30.3 Å². The number of benzene rings is 1. The number of ether oxygens (including phenoxy) is 1. The van der Waals surface area contributed by atoms with Crippen LogP contribution >= 0.6 is 24.2 Å². The maximum absolute atomic E-state index is 11.6. The molecule has 0 fully saturated rings. The van der Waals surface area contributed by atoms with Crippen molar-refractivity contribution in [3.63, 3.8) is 0 Å². The van der Waals surface area contributed by atoms with Gasteiger partial charge in [-0.1, -0.05) is 11.6 Å². The third-order valence-electron chi connectivity index (χ3n) is 2.61. The molecular formula is C12H14ClNO2S. The van der Waals surface area contributed by atoms with Gasteiger partial charge in [-0.05, 0) is 17.7 Å². The second kappa shape index (κ2) is 5.65. The minimum absolute atomic E-state index is 0.0287. The van der Waals surface area contributed by atoms with Gasteiger partial charge >= 0.3 is 0 Å². The maximum Gasteiger partial charge on any atom is 0.224 e. The lowest BCUT2D eigenvalue weighted by Gasteiger charge is -2.09. The SMILES string of the molecule is O=C(Cc1cc(Cl)cc2c1OCC2)NCCS. The lowest BCUT2D eigenvalue weighted by atomic mass is 10.1. The molecule has 1 aromatic rings. The van der Waals surface area contributed by atoms with Crippen LogP contribution in [0.3, 0.4) is 0 Å². The quantitative estimate of drug-likeness (QED) is 0.821. The fourth-order valence-electron chi connectivity index (χ4n) is 1.91. The van der Waals surface area contributed by atoms with Gasteiger partial charge in [0, 0.05) is 29.3 Å². The summed E-state index contributed by atoms with van der Waals surface area (Å²) >= 11 is 10.1. The van der Waals surface area contributed by atoms with Gasteiger partial charge in [-0.25, -0.2) is 0 Å². The molecule has 0 saturated carbocycles. The van der Waals surface area contributed by atoms with Gasteiger partial charge in [0.05, 0.1) is 13.0 Å². The molecule has 1 aliphatic rings. The monoisotopic (exact) mass is 271 g/mol. The molecule has 1 heterocycles. The molecule has 0 aromatic heterocycles. The Bertz CT molecular complexity index is 437. The molecule has 0 aliphatic carbocycles. The molecule has 1 aliphatic heterocycles. The number of carbonyl (C=O) groups excluding carboxylic acids is 1. The minimum Gasteiger partial charge on any atom is -0.493 e. The van der Waals surface area contributed by atoms with E-state index in [-0.39, 0.29) is 5.91 Å². The lowest BCUT2D eigenvalue weighted by molar-refractivity contribution is -0.120. The summed E-state index contributed by atoms with van der Waals surface area (Å²) in [4.78, 5) is 11.6. The van der Waals surface area contributed by atoms with E-state index in [1.807, 2.05) is 6.07 Å². The highest BCUT2D eigenvalue weighted by Gasteiger charge is 2.19. The molecule has 1 aromatic carbocycles. The number of rotatable bonds is 4. The number of hydrogen-bond donors (Lipinski definition) is 2. The molecule has 0 radical (unpaired) electrons. The van der Waals surface area contributed by atoms with E-state index in [4.69, 9.17) is 16.3 Å². The molecule has 5 heteroatoms. The number of carbonyl (C=O) groups is 1. The Morgan fingerprint density at radius 1 is 1.53 bits per heavy atom. The summed E-state index contributed by atoms with van der Waals surface area (Å²) in [6.07, 6.45) is 1.16. The number of hydrogen-bond acceptors (Lipinski definition) is 3. The van der Waals surface area contributed by atoms with Crippen LogP contribution in [0.2, 0.25) is 5.02 Å². The third kappa shape index (κ3) is 3.07. The Kier molecular flexibility index (Phi) is 4.18. The molecule has 1 amide bonds. The largest absolute Gasteiger partial charge is 0.493 e. The Morgan fingerprint density at radius 3 is 3.12 bits per heavy atom. The van der Waals surface area contributed by atoms with Crippen LogP contribution in [0.1, 0.15) is 11.1 Å². The van der Waals surface area contributed by atoms with E-state index in [2.05, 4.69) is 17.9 Å². The summed E-state index contributed by atoms with van der Waals surface area (Å²) in [5, 5.41) is 3.44. The summed E-state index contributed by atoms with van der Waals surface area (Å²) in [6.45, 7) is 1.24. The molecule has 0 saturated heterocycles. The molecule has 2 rings (SSSR count). The zero-order valence-electron chi connectivity index (χ0n) is 9.33. The van der Waals surface area contributed by atoms with E-state index in [0.717, 1.165) is 23.3 Å². The molecule has 17 heavy (non-hydrogen) atoms. The summed E-state index contributed by atoms with van der Waals surface area (Å²) in [5.74, 6) is 1.44. The van der Waals surface area contributed by atoms with E-state index in [9.17, 15) is 4.79 Å². The summed E-state index contributed by atoms with van der Waals surface area (Å²) in [6, 6.07) is 3.70. The van der Waals surface area contributed by atoms with Gasteiger partial charge < -0.3 is 10.1 Å². The van der Waals surface area contributed by atoms with Gasteiger partial charge in [-0.3, -0.25) is 4.79 Å². The maximum atomic E-state index is 11.6. The Morgan fingerprint density at radius 2 is 2.35 bits per heavy atom. The predicted molar refractivity (Wildman–Crippen MR) is 71.2 cm³/mol. The Labute approximate surface area is 111 Å². The number of amides is 1. The van der Waals surface area contributed by atoms with E-state index in [1.54, 1.807) is 6.07 Å². The van der Waals surface area contributed by atoms with Gasteiger partial charge in [0.25, 0.3) is 0 Å². The first-order chi connectivity index (χ1) is 8.20. The topological polar surface area (TPSA) is 38.3 Å². The van der Waals surface area contributed by atoms with Crippen LogP contribution in [0.25, 0.3) is 0 Å². The molecular weight excluding hydrogens is 258 g/mol. The van der Waals surface area contributed by atoms with Gasteiger partial charge in [-0.2, -0.15) is 12.6 Å². The van der Waals surface area contributed by atoms with E-state index >= 15 is 0 Å². The summed E-state index contributed by atoms with van der Waals surface area (Å²) in [5.41, 5.74) is 1.95. The van der Waals surface area contributed by atoms with Crippen molar-refractivity contribution in [3.05, 3.63) is 28.3 Å². The van der Waals surface area contributed by atoms with Crippen LogP contribution in [0.4, 0.5) is 0 Å². The molecule has 1 N–H and O–H groups in total. The molecule has 92 valence electrons. The summed E-state index contributed by atoms with van der Waals surface area (Å²) in [7, 11) is 0. The first kappa shape index (κ1) is 12.6. The van der Waals surface area contributed by atoms with Crippen molar-refractivity contribution in [2.75, 3.05) is 18.9 Å². The van der Waals surface area contributed by atoms with Gasteiger partial charge in [0.1, 0.15) is 5.75 Å². The Hall–Kier alpha value is -0.870. The van der Waals surface area contributed by atoms with Crippen molar-refractivity contribution in [3.8, 4) is 5.75 Å². The molecule has 0 bridgehead atoms. The fraction of sp³-hybridized carbons (Fsp3) is 0.417. The first-order valence-electron chi connectivity index (χ1n) is 5.52. The van der Waals surface area contributed by atoms with E-state index in [1.165, 1.54) is 0 Å². The highest BCUT2D eigenvalue weighted by molar-refractivity contribution is 7.80. The fourth-order valence-corrected chi connectivity index (χ4v) is 2.28. The predicted octanol–water partition coefficient (Wildman–Crippen LogP) is 1.86. The van der Waals surface area contributed by atoms with Crippen molar-refractivity contribution in [1.29, 1.82) is 0 Å². The second-order valence-corrected chi connectivity index (χ2v) is 4.79. The molecule has 0 atom stereocenters. The zero-order valence-corrected chi connectivity index (χ0v) is 11.0. The first-order valence-corrected chi connectivity index (χ1v) is 6.53. The number of halogens is 1. The number of thiol groups is 1. The van der Waals surface area contributed by atoms with Crippen molar-refractivity contribution < 1.29 is 9.53 Å². The standard InChI is InChI=1S/C12H14ClNO2S/c13-10-5-8-1-3-16-12(8)9(6-10)7-11(15)14-2-4-17/h5-6,17H,1-4,7H2,(H,14,15). The van der Waals surface area contributed by atoms with Gasteiger partial charge in [0.2, 0.25) is 5.91 Å². The van der Waals surface area contributed by atoms with Crippen LogP contribution in [-0.2, 0) is 17.6 Å². The highest BCUT2D eigenvalue weighted by Crippen LogP contribution is 2.33. The zero-order chi connectivity index (χ0) is 12.3. The van der Waals surface area contributed by atoms with Crippen molar-refractivity contribution in [2.24, 2.45) is 0 Å². The van der Waals surface area contributed by atoms with Crippen LogP contribution in [0, 0.1) is 0 Å². The average Bonchev–Trinajstić information content (AvgIpc) is 2.74. The molecule has 0 spiro atoms. The third-order valence-corrected chi connectivity index (χ3v) is 3.05. The molecule has 3 nitrogen and oxygen atoms in total. The normalized spacial score (nSPS) is 13.1. The average molecular weight is 272 g/mol. The van der Waals surface area contributed by atoms with Crippen LogP contribution in [0.15, 0.2) is 12.1 Å². The van der Waals surface area contributed by atoms with Crippen molar-refractivity contribution >= 4 is 30.1 Å². The number of fused-ring (bicyclic) bond motifs is 1. The Balaban J connectivity index is 2.13. The van der Waals surface area contributed by atoms with Gasteiger partial charge in [0.15, 0.2) is 0 Å². The smallest absolute Gasteiger partial charge is 0.224 e. The second-order valence-electron chi connectivity index (χ2n) is 3.90. The highest BCUT2D eigenvalue weighted by atomic mass is 35.5. The minimum atomic E-state index is -0.0287. The van der Waals surface area contributed by atoms with Crippen LogP contribution in [0.5, 0.6) is 5.75 Å². The molecule has 0 unspecified atom stereocenters. The van der Waals surface area contributed by atoms with Crippen molar-refractivity contribution in [1.82, 2.24) is 5.32 Å². The van der Waals surface area contributed by atoms with E-state index < -0.39 is 0 Å². The summed E-state index contributed by atoms with van der Waals surface area (Å²) < 4.78 is 5.54. The van der Waals surface area contributed by atoms with Crippen LogP contribution in [-0.4, -0.2) is 24.8 Å².